The van der Waals surface area contributed by atoms with Gasteiger partial charge in [-0.2, -0.15) is 10.2 Å². The van der Waals surface area contributed by atoms with Crippen LogP contribution in [0, 0.1) is 17.1 Å². The minimum absolute atomic E-state index is 0.0515. The monoisotopic (exact) mass is 326 g/mol. The van der Waals surface area contributed by atoms with Gasteiger partial charge in [-0.1, -0.05) is 6.07 Å². The number of hydrogen-bond acceptors (Lipinski definition) is 4. The number of nitrogens with one attached hydrogen (secondary N) is 1. The summed E-state index contributed by atoms with van der Waals surface area (Å²) in [6.07, 6.45) is 1.46. The third kappa shape index (κ3) is 2.58. The van der Waals surface area contributed by atoms with E-state index in [-0.39, 0.29) is 10.8 Å². The van der Waals surface area contributed by atoms with Crippen LogP contribution in [-0.2, 0) is 0 Å². The molecule has 1 aromatic carbocycles. The normalized spacial score (nSPS) is 9.89. The highest BCUT2D eigenvalue weighted by molar-refractivity contribution is 9.10. The maximum atomic E-state index is 13.4. The summed E-state index contributed by atoms with van der Waals surface area (Å²) in [5, 5.41) is 11.8. The highest BCUT2D eigenvalue weighted by atomic mass is 79.9. The van der Waals surface area contributed by atoms with Gasteiger partial charge in [0, 0.05) is 6.20 Å². The first-order valence-corrected chi connectivity index (χ1v) is 5.92. The summed E-state index contributed by atoms with van der Waals surface area (Å²) in [7, 11) is 0. The smallest absolute Gasteiger partial charge is 0.224 e. The third-order valence-corrected chi connectivity index (χ3v) is 2.86. The lowest BCUT2D eigenvalue weighted by atomic mass is 10.2. The van der Waals surface area contributed by atoms with Crippen molar-refractivity contribution in [2.24, 2.45) is 0 Å². The molecule has 0 bridgehead atoms. The van der Waals surface area contributed by atoms with Crippen molar-refractivity contribution in [3.05, 3.63) is 45.5 Å². The number of benzene rings is 1. The van der Waals surface area contributed by atoms with Crippen molar-refractivity contribution in [1.29, 1.82) is 5.26 Å². The van der Waals surface area contributed by atoms with Gasteiger partial charge in [-0.05, 0) is 39.7 Å². The van der Waals surface area contributed by atoms with Gasteiger partial charge in [0.1, 0.15) is 23.3 Å². The van der Waals surface area contributed by atoms with Gasteiger partial charge in [-0.25, -0.2) is 9.37 Å². The van der Waals surface area contributed by atoms with Crippen LogP contribution in [0.3, 0.4) is 0 Å². The van der Waals surface area contributed by atoms with Crippen LogP contribution >= 0.6 is 27.5 Å². The molecule has 2 rings (SSSR count). The number of rotatable bonds is 2. The van der Waals surface area contributed by atoms with Gasteiger partial charge in [0.15, 0.2) is 0 Å². The fourth-order valence-electron chi connectivity index (χ4n) is 1.30. The molecule has 0 aliphatic heterocycles. The topological polar surface area (TPSA) is 61.6 Å². The molecule has 7 heteroatoms. The first-order chi connectivity index (χ1) is 8.61. The lowest BCUT2D eigenvalue weighted by Crippen LogP contribution is -1.99. The van der Waals surface area contributed by atoms with Crippen molar-refractivity contribution >= 4 is 39.0 Å². The SMILES string of the molecule is N#Cc1c(F)cccc1Nc1nc(Cl)ncc1Br. The van der Waals surface area contributed by atoms with Crippen LogP contribution in [0.1, 0.15) is 5.56 Å². The Kier molecular flexibility index (Phi) is 3.75. The van der Waals surface area contributed by atoms with Crippen molar-refractivity contribution in [2.75, 3.05) is 5.32 Å². The van der Waals surface area contributed by atoms with E-state index in [0.29, 0.717) is 16.0 Å². The molecule has 18 heavy (non-hydrogen) atoms. The number of anilines is 2. The molecule has 0 fully saturated rings. The molecule has 0 unspecified atom stereocenters. The Hall–Kier alpha value is -1.71. The van der Waals surface area contributed by atoms with E-state index in [4.69, 9.17) is 16.9 Å². The van der Waals surface area contributed by atoms with Gasteiger partial charge >= 0.3 is 0 Å². The van der Waals surface area contributed by atoms with Gasteiger partial charge < -0.3 is 5.32 Å². The van der Waals surface area contributed by atoms with Gasteiger partial charge in [-0.15, -0.1) is 0 Å². The molecule has 1 heterocycles. The molecule has 0 amide bonds. The van der Waals surface area contributed by atoms with Gasteiger partial charge in [-0.3, -0.25) is 0 Å². The van der Waals surface area contributed by atoms with Crippen LogP contribution in [0.15, 0.2) is 28.9 Å². The van der Waals surface area contributed by atoms with Crippen molar-refractivity contribution < 1.29 is 4.39 Å². The molecule has 4 nitrogen and oxygen atoms in total. The van der Waals surface area contributed by atoms with Crippen LogP contribution in [0.4, 0.5) is 15.9 Å². The van der Waals surface area contributed by atoms with E-state index in [9.17, 15) is 4.39 Å². The maximum Gasteiger partial charge on any atom is 0.224 e. The van der Waals surface area contributed by atoms with E-state index >= 15 is 0 Å². The molecule has 0 saturated heterocycles. The summed E-state index contributed by atoms with van der Waals surface area (Å²) < 4.78 is 14.0. The minimum Gasteiger partial charge on any atom is -0.338 e. The molecule has 0 spiro atoms. The van der Waals surface area contributed by atoms with Crippen molar-refractivity contribution in [3.8, 4) is 6.07 Å². The molecule has 1 N–H and O–H groups in total. The highest BCUT2D eigenvalue weighted by Gasteiger charge is 2.10. The molecule has 0 saturated carbocycles. The zero-order valence-electron chi connectivity index (χ0n) is 8.78. The summed E-state index contributed by atoms with van der Waals surface area (Å²) in [6, 6.07) is 6.07. The Morgan fingerprint density at radius 1 is 1.44 bits per heavy atom. The largest absolute Gasteiger partial charge is 0.338 e. The van der Waals surface area contributed by atoms with E-state index in [0.717, 1.165) is 0 Å². The highest BCUT2D eigenvalue weighted by Crippen LogP contribution is 2.26. The second-order valence-corrected chi connectivity index (χ2v) is 4.43. The van der Waals surface area contributed by atoms with Gasteiger partial charge in [0.05, 0.1) is 10.2 Å². The van der Waals surface area contributed by atoms with Crippen molar-refractivity contribution in [1.82, 2.24) is 9.97 Å². The molecular weight excluding hydrogens is 323 g/mol. The maximum absolute atomic E-state index is 13.4. The first kappa shape index (κ1) is 12.7. The zero-order valence-corrected chi connectivity index (χ0v) is 11.1. The van der Waals surface area contributed by atoms with Crippen LogP contribution in [0.2, 0.25) is 5.28 Å². The fraction of sp³-hybridized carbons (Fsp3) is 0. The van der Waals surface area contributed by atoms with E-state index in [1.807, 2.05) is 0 Å². The Bertz CT molecular complexity index is 641. The molecule has 0 radical (unpaired) electrons. The van der Waals surface area contributed by atoms with Crippen molar-refractivity contribution in [2.45, 2.75) is 0 Å². The Labute approximate surface area is 116 Å². The van der Waals surface area contributed by atoms with Crippen LogP contribution < -0.4 is 5.32 Å². The standard InChI is InChI=1S/C11H5BrClFN4/c12-7-5-16-11(13)18-10(7)17-9-3-1-2-8(14)6(9)4-15/h1-3,5H,(H,16,17,18). The molecular formula is C11H5BrClFN4. The van der Waals surface area contributed by atoms with Crippen LogP contribution in [-0.4, -0.2) is 9.97 Å². The number of aromatic nitrogens is 2. The minimum atomic E-state index is -0.598. The number of hydrogen-bond donors (Lipinski definition) is 1. The average Bonchev–Trinajstić information content (AvgIpc) is 2.34. The predicted octanol–water partition coefficient (Wildman–Crippen LogP) is 3.65. The summed E-state index contributed by atoms with van der Waals surface area (Å²) >= 11 is 8.90. The van der Waals surface area contributed by atoms with E-state index < -0.39 is 5.82 Å². The lowest BCUT2D eigenvalue weighted by molar-refractivity contribution is 0.624. The van der Waals surface area contributed by atoms with Crippen molar-refractivity contribution in [3.63, 3.8) is 0 Å². The van der Waals surface area contributed by atoms with E-state index in [2.05, 4.69) is 31.2 Å². The average molecular weight is 328 g/mol. The van der Waals surface area contributed by atoms with E-state index in [1.165, 1.54) is 18.3 Å². The predicted molar refractivity (Wildman–Crippen MR) is 69.1 cm³/mol. The number of nitriles is 1. The molecule has 0 aliphatic rings. The Morgan fingerprint density at radius 3 is 2.94 bits per heavy atom. The van der Waals surface area contributed by atoms with E-state index in [1.54, 1.807) is 12.1 Å². The second kappa shape index (κ2) is 5.29. The Morgan fingerprint density at radius 2 is 2.22 bits per heavy atom. The lowest BCUT2D eigenvalue weighted by Gasteiger charge is -2.09. The summed E-state index contributed by atoms with van der Waals surface area (Å²) in [5.74, 6) is -0.240. The molecule has 1 aromatic heterocycles. The zero-order chi connectivity index (χ0) is 13.1. The van der Waals surface area contributed by atoms with Gasteiger partial charge in [0.25, 0.3) is 0 Å². The van der Waals surface area contributed by atoms with Gasteiger partial charge in [0.2, 0.25) is 5.28 Å². The fourth-order valence-corrected chi connectivity index (χ4v) is 1.73. The van der Waals surface area contributed by atoms with Crippen LogP contribution in [0.25, 0.3) is 0 Å². The molecule has 2 aromatic rings. The second-order valence-electron chi connectivity index (χ2n) is 3.23. The molecule has 0 aliphatic carbocycles. The molecule has 90 valence electrons. The summed E-state index contributed by atoms with van der Waals surface area (Å²) in [5.41, 5.74) is 0.229. The quantitative estimate of drug-likeness (QED) is 0.855. The van der Waals surface area contributed by atoms with Crippen LogP contribution in [0.5, 0.6) is 0 Å². The first-order valence-electron chi connectivity index (χ1n) is 4.75. The summed E-state index contributed by atoms with van der Waals surface area (Å²) in [4.78, 5) is 7.71. The summed E-state index contributed by atoms with van der Waals surface area (Å²) in [6.45, 7) is 0. The third-order valence-electron chi connectivity index (χ3n) is 2.09. The number of halogens is 3. The number of nitrogens with zero attached hydrogens (tertiary/aromatic N) is 3. The molecule has 0 atom stereocenters. The Balaban J connectivity index is 2.44.